The number of carbonyl (C=O) groups excluding carboxylic acids is 1. The van der Waals surface area contributed by atoms with Crippen LogP contribution in [0.4, 0.5) is 4.39 Å². The molecule has 0 aliphatic carbocycles. The summed E-state index contributed by atoms with van der Waals surface area (Å²) < 4.78 is 13.6. The van der Waals surface area contributed by atoms with E-state index in [1.807, 2.05) is 43.3 Å². The van der Waals surface area contributed by atoms with Gasteiger partial charge < -0.3 is 15.5 Å². The minimum atomic E-state index is -0.153. The molecule has 2 aromatic carbocycles. The molecule has 0 atom stereocenters. The molecule has 1 amide bonds. The van der Waals surface area contributed by atoms with Crippen molar-refractivity contribution in [3.63, 3.8) is 0 Å². The zero-order chi connectivity index (χ0) is 21.8. The van der Waals surface area contributed by atoms with Crippen molar-refractivity contribution in [2.24, 2.45) is 4.99 Å². The third kappa shape index (κ3) is 9.90. The van der Waals surface area contributed by atoms with E-state index in [1.165, 1.54) is 6.07 Å². The Morgan fingerprint density at radius 1 is 1.13 bits per heavy atom. The van der Waals surface area contributed by atoms with Crippen molar-refractivity contribution in [3.8, 4) is 0 Å². The number of halogens is 2. The molecule has 0 saturated carbocycles. The van der Waals surface area contributed by atoms with Gasteiger partial charge in [-0.25, -0.2) is 4.39 Å². The maximum atomic E-state index is 13.6. The predicted octanol–water partition coefficient (Wildman–Crippen LogP) is 4.18. The lowest BCUT2D eigenvalue weighted by Gasteiger charge is -2.13. The van der Waals surface area contributed by atoms with Gasteiger partial charge in [-0.3, -0.25) is 9.79 Å². The van der Waals surface area contributed by atoms with Crippen LogP contribution in [-0.4, -0.2) is 56.2 Å². The average molecular weight is 559 g/mol. The van der Waals surface area contributed by atoms with Crippen LogP contribution < -0.4 is 10.6 Å². The first-order chi connectivity index (χ1) is 14.5. The van der Waals surface area contributed by atoms with E-state index < -0.39 is 0 Å². The van der Waals surface area contributed by atoms with Gasteiger partial charge in [-0.2, -0.15) is 11.8 Å². The molecule has 0 saturated heterocycles. The Bertz CT molecular complexity index is 848. The van der Waals surface area contributed by atoms with E-state index in [0.717, 1.165) is 35.8 Å². The van der Waals surface area contributed by atoms with Crippen molar-refractivity contribution < 1.29 is 9.18 Å². The molecule has 0 fully saturated rings. The van der Waals surface area contributed by atoms with Gasteiger partial charge in [-0.1, -0.05) is 30.3 Å². The van der Waals surface area contributed by atoms with Crippen LogP contribution in [0.2, 0.25) is 0 Å². The van der Waals surface area contributed by atoms with Crippen LogP contribution in [0.3, 0.4) is 0 Å². The standard InChI is InChI=1S/C23H31FN4OS.HI/c1-4-25-23(27-14-15-30-17-20-9-5-6-11-21(20)24)26-13-12-18-8-7-10-19(16-18)22(29)28(2)3;/h5-11,16H,4,12-15,17H2,1-3H3,(H2,25,26,27);1H. The molecule has 2 rings (SSSR count). The molecule has 0 aromatic heterocycles. The minimum Gasteiger partial charge on any atom is -0.357 e. The second-order valence-corrected chi connectivity index (χ2v) is 8.09. The van der Waals surface area contributed by atoms with Crippen LogP contribution in [0.1, 0.15) is 28.4 Å². The molecule has 0 aliphatic heterocycles. The molecule has 2 N–H and O–H groups in total. The quantitative estimate of drug-likeness (QED) is 0.199. The van der Waals surface area contributed by atoms with Gasteiger partial charge in [0.05, 0.1) is 6.54 Å². The highest BCUT2D eigenvalue weighted by Crippen LogP contribution is 2.15. The summed E-state index contributed by atoms with van der Waals surface area (Å²) in [5.41, 5.74) is 2.53. The molecule has 0 spiro atoms. The first-order valence-corrected chi connectivity index (χ1v) is 11.3. The lowest BCUT2D eigenvalue weighted by atomic mass is 10.1. The molecular formula is C23H32FIN4OS. The van der Waals surface area contributed by atoms with E-state index in [-0.39, 0.29) is 35.7 Å². The van der Waals surface area contributed by atoms with E-state index in [1.54, 1.807) is 36.8 Å². The van der Waals surface area contributed by atoms with E-state index in [9.17, 15) is 9.18 Å². The highest BCUT2D eigenvalue weighted by molar-refractivity contribution is 14.0. The first-order valence-electron chi connectivity index (χ1n) is 10.1. The maximum absolute atomic E-state index is 13.6. The summed E-state index contributed by atoms with van der Waals surface area (Å²) in [6.07, 6.45) is 0.793. The van der Waals surface area contributed by atoms with Crippen molar-refractivity contribution in [2.75, 3.05) is 39.5 Å². The number of hydrogen-bond donors (Lipinski definition) is 2. The summed E-state index contributed by atoms with van der Waals surface area (Å²) in [5.74, 6) is 2.09. The largest absolute Gasteiger partial charge is 0.357 e. The third-order valence-electron chi connectivity index (χ3n) is 4.35. The number of nitrogens with one attached hydrogen (secondary N) is 2. The van der Waals surface area contributed by atoms with Crippen LogP contribution >= 0.6 is 35.7 Å². The Labute approximate surface area is 206 Å². The van der Waals surface area contributed by atoms with Crippen molar-refractivity contribution in [1.82, 2.24) is 15.5 Å². The highest BCUT2D eigenvalue weighted by Gasteiger charge is 2.08. The Hall–Kier alpha value is -1.81. The van der Waals surface area contributed by atoms with E-state index in [2.05, 4.69) is 15.6 Å². The fraction of sp³-hybridized carbons (Fsp3) is 0.391. The number of benzene rings is 2. The minimum absolute atomic E-state index is 0. The summed E-state index contributed by atoms with van der Waals surface area (Å²) >= 11 is 1.67. The van der Waals surface area contributed by atoms with Crippen LogP contribution in [0.5, 0.6) is 0 Å². The zero-order valence-corrected chi connectivity index (χ0v) is 21.5. The van der Waals surface area contributed by atoms with Crippen LogP contribution in [0, 0.1) is 5.82 Å². The first kappa shape index (κ1) is 27.2. The second kappa shape index (κ2) is 15.1. The number of amides is 1. The Morgan fingerprint density at radius 3 is 2.61 bits per heavy atom. The molecule has 5 nitrogen and oxygen atoms in total. The molecule has 8 heteroatoms. The van der Waals surface area contributed by atoms with Crippen molar-refractivity contribution >= 4 is 47.6 Å². The van der Waals surface area contributed by atoms with Gasteiger partial charge in [0.15, 0.2) is 5.96 Å². The number of guanidine groups is 1. The van der Waals surface area contributed by atoms with E-state index in [0.29, 0.717) is 24.4 Å². The van der Waals surface area contributed by atoms with E-state index in [4.69, 9.17) is 0 Å². The van der Waals surface area contributed by atoms with Crippen LogP contribution in [0.25, 0.3) is 0 Å². The number of carbonyl (C=O) groups is 1. The number of thioether (sulfide) groups is 1. The molecule has 0 heterocycles. The van der Waals surface area contributed by atoms with Crippen molar-refractivity contribution in [1.29, 1.82) is 0 Å². The fourth-order valence-corrected chi connectivity index (χ4v) is 3.62. The summed E-state index contributed by atoms with van der Waals surface area (Å²) in [7, 11) is 3.51. The van der Waals surface area contributed by atoms with Gasteiger partial charge in [0.25, 0.3) is 5.91 Å². The van der Waals surface area contributed by atoms with Gasteiger partial charge in [-0.05, 0) is 42.7 Å². The summed E-state index contributed by atoms with van der Waals surface area (Å²) in [6.45, 7) is 4.18. The lowest BCUT2D eigenvalue weighted by molar-refractivity contribution is 0.0827. The highest BCUT2D eigenvalue weighted by atomic mass is 127. The van der Waals surface area contributed by atoms with Gasteiger partial charge >= 0.3 is 0 Å². The SMILES string of the molecule is CCNC(=NCCSCc1ccccc1F)NCCc1cccc(C(=O)N(C)C)c1.I. The Balaban J connectivity index is 0.00000480. The number of rotatable bonds is 10. The molecular weight excluding hydrogens is 526 g/mol. The predicted molar refractivity (Wildman–Crippen MR) is 140 cm³/mol. The van der Waals surface area contributed by atoms with Gasteiger partial charge in [0, 0.05) is 44.3 Å². The van der Waals surface area contributed by atoms with Crippen LogP contribution in [-0.2, 0) is 12.2 Å². The Kier molecular flexibility index (Phi) is 13.2. The maximum Gasteiger partial charge on any atom is 0.253 e. The van der Waals surface area contributed by atoms with E-state index >= 15 is 0 Å². The molecule has 0 radical (unpaired) electrons. The van der Waals surface area contributed by atoms with Gasteiger partial charge in [0.2, 0.25) is 0 Å². The topological polar surface area (TPSA) is 56.7 Å². The van der Waals surface area contributed by atoms with Gasteiger partial charge in [-0.15, -0.1) is 24.0 Å². The second-order valence-electron chi connectivity index (χ2n) is 6.98. The fourth-order valence-electron chi connectivity index (χ4n) is 2.80. The molecule has 31 heavy (non-hydrogen) atoms. The molecule has 0 bridgehead atoms. The molecule has 170 valence electrons. The van der Waals surface area contributed by atoms with Crippen molar-refractivity contribution in [2.45, 2.75) is 19.1 Å². The normalized spacial score (nSPS) is 10.9. The number of hydrogen-bond acceptors (Lipinski definition) is 3. The van der Waals surface area contributed by atoms with Gasteiger partial charge in [0.1, 0.15) is 5.82 Å². The number of nitrogens with zero attached hydrogens (tertiary/aromatic N) is 2. The Morgan fingerprint density at radius 2 is 1.90 bits per heavy atom. The third-order valence-corrected chi connectivity index (χ3v) is 5.34. The van der Waals surface area contributed by atoms with Crippen LogP contribution in [0.15, 0.2) is 53.5 Å². The molecule has 0 aliphatic rings. The zero-order valence-electron chi connectivity index (χ0n) is 18.4. The van der Waals surface area contributed by atoms with Crippen molar-refractivity contribution in [3.05, 3.63) is 71.0 Å². The smallest absolute Gasteiger partial charge is 0.253 e. The monoisotopic (exact) mass is 558 g/mol. The average Bonchev–Trinajstić information content (AvgIpc) is 2.74. The number of aliphatic imine (C=N–C) groups is 1. The molecule has 2 aromatic rings. The lowest BCUT2D eigenvalue weighted by Crippen LogP contribution is -2.38. The molecule has 0 unspecified atom stereocenters. The summed E-state index contributed by atoms with van der Waals surface area (Å²) in [5, 5.41) is 6.57. The summed E-state index contributed by atoms with van der Waals surface area (Å²) in [4.78, 5) is 18.3. The summed E-state index contributed by atoms with van der Waals surface area (Å²) in [6, 6.07) is 14.6.